The third-order valence-electron chi connectivity index (χ3n) is 2.65. The second kappa shape index (κ2) is 5.30. The first kappa shape index (κ1) is 14.0. The summed E-state index contributed by atoms with van der Waals surface area (Å²) in [7, 11) is -2.45. The minimum atomic E-state index is -3.77. The molecule has 0 bridgehead atoms. The maximum Gasteiger partial charge on any atom is 0.264 e. The van der Waals surface area contributed by atoms with Crippen LogP contribution in [0.25, 0.3) is 0 Å². The lowest BCUT2D eigenvalue weighted by atomic mass is 10.3. The van der Waals surface area contributed by atoms with E-state index in [1.54, 1.807) is 18.2 Å². The second-order valence-corrected chi connectivity index (χ2v) is 6.77. The van der Waals surface area contributed by atoms with E-state index in [-0.39, 0.29) is 10.6 Å². The van der Waals surface area contributed by atoms with Crippen LogP contribution in [0, 0.1) is 5.82 Å². The number of sulfonamides is 1. The first-order valence-corrected chi connectivity index (χ1v) is 7.65. The standard InChI is InChI=1S/C13H11BrFNO2S/c1-16(13-8-3-2-7-12(13)15)19(17,18)11-6-4-5-10(14)9-11/h2-9H,1H3. The summed E-state index contributed by atoms with van der Waals surface area (Å²) in [4.78, 5) is 0.104. The van der Waals surface area contributed by atoms with Crippen LogP contribution >= 0.6 is 15.9 Å². The molecule has 0 aliphatic heterocycles. The number of halogens is 2. The SMILES string of the molecule is CN(c1ccccc1F)S(=O)(=O)c1cccc(Br)c1. The molecule has 0 unspecified atom stereocenters. The number of anilines is 1. The Labute approximate surface area is 119 Å². The van der Waals surface area contributed by atoms with E-state index in [2.05, 4.69) is 15.9 Å². The first-order valence-electron chi connectivity index (χ1n) is 5.42. The number of hydrogen-bond donors (Lipinski definition) is 0. The van der Waals surface area contributed by atoms with Crippen molar-refractivity contribution in [3.63, 3.8) is 0 Å². The Morgan fingerprint density at radius 2 is 1.79 bits per heavy atom. The van der Waals surface area contributed by atoms with Crippen LogP contribution < -0.4 is 4.31 Å². The summed E-state index contributed by atoms with van der Waals surface area (Å²) in [5.41, 5.74) is 0.0162. The Morgan fingerprint density at radius 3 is 2.42 bits per heavy atom. The van der Waals surface area contributed by atoms with Gasteiger partial charge >= 0.3 is 0 Å². The molecule has 2 aromatic rings. The molecule has 0 saturated heterocycles. The van der Waals surface area contributed by atoms with Crippen molar-refractivity contribution in [1.29, 1.82) is 0 Å². The van der Waals surface area contributed by atoms with Crippen molar-refractivity contribution in [3.8, 4) is 0 Å². The molecule has 0 N–H and O–H groups in total. The topological polar surface area (TPSA) is 37.4 Å². The number of nitrogens with zero attached hydrogens (tertiary/aromatic N) is 1. The average Bonchev–Trinajstić information content (AvgIpc) is 2.38. The van der Waals surface area contributed by atoms with Gasteiger partial charge in [-0.25, -0.2) is 12.8 Å². The highest BCUT2D eigenvalue weighted by Gasteiger charge is 2.23. The van der Waals surface area contributed by atoms with E-state index in [9.17, 15) is 12.8 Å². The molecule has 0 amide bonds. The Bertz CT molecular complexity index is 703. The second-order valence-electron chi connectivity index (χ2n) is 3.88. The summed E-state index contributed by atoms with van der Waals surface area (Å²) in [6.07, 6.45) is 0. The fourth-order valence-corrected chi connectivity index (χ4v) is 3.42. The van der Waals surface area contributed by atoms with E-state index < -0.39 is 15.8 Å². The molecule has 0 spiro atoms. The highest BCUT2D eigenvalue weighted by atomic mass is 79.9. The Kier molecular flexibility index (Phi) is 3.91. The van der Waals surface area contributed by atoms with E-state index in [1.165, 1.54) is 37.4 Å². The third kappa shape index (κ3) is 2.79. The molecule has 2 rings (SSSR count). The normalized spacial score (nSPS) is 11.3. The van der Waals surface area contributed by atoms with Crippen LogP contribution in [0.3, 0.4) is 0 Å². The Morgan fingerprint density at radius 1 is 1.11 bits per heavy atom. The quantitative estimate of drug-likeness (QED) is 0.856. The van der Waals surface area contributed by atoms with Crippen molar-refractivity contribution in [1.82, 2.24) is 0 Å². The summed E-state index contributed by atoms with van der Waals surface area (Å²) in [6.45, 7) is 0. The lowest BCUT2D eigenvalue weighted by Gasteiger charge is -2.20. The zero-order valence-electron chi connectivity index (χ0n) is 10.0. The highest BCUT2D eigenvalue weighted by molar-refractivity contribution is 9.10. The van der Waals surface area contributed by atoms with Gasteiger partial charge in [0.1, 0.15) is 5.82 Å². The summed E-state index contributed by atoms with van der Waals surface area (Å²) < 4.78 is 40.0. The molecule has 0 aliphatic carbocycles. The van der Waals surface area contributed by atoms with Crippen LogP contribution in [-0.4, -0.2) is 15.5 Å². The predicted octanol–water partition coefficient (Wildman–Crippen LogP) is 3.41. The van der Waals surface area contributed by atoms with Crippen molar-refractivity contribution >= 4 is 31.6 Å². The van der Waals surface area contributed by atoms with E-state index in [1.807, 2.05) is 0 Å². The number of benzene rings is 2. The molecular formula is C13H11BrFNO2S. The van der Waals surface area contributed by atoms with Crippen molar-refractivity contribution in [3.05, 3.63) is 58.8 Å². The molecule has 2 aromatic carbocycles. The molecule has 6 heteroatoms. The predicted molar refractivity (Wildman–Crippen MR) is 76.1 cm³/mol. The van der Waals surface area contributed by atoms with Gasteiger partial charge in [0.15, 0.2) is 0 Å². The fourth-order valence-electron chi connectivity index (χ4n) is 1.62. The lowest BCUT2D eigenvalue weighted by molar-refractivity contribution is 0.589. The highest BCUT2D eigenvalue weighted by Crippen LogP contribution is 2.25. The summed E-state index contributed by atoms with van der Waals surface area (Å²) in [6, 6.07) is 12.0. The minimum absolute atomic E-state index is 0.0162. The van der Waals surface area contributed by atoms with Crippen molar-refractivity contribution in [2.45, 2.75) is 4.90 Å². The molecule has 100 valence electrons. The molecule has 0 fully saturated rings. The van der Waals surface area contributed by atoms with Gasteiger partial charge in [-0.3, -0.25) is 4.31 Å². The molecule has 0 aliphatic rings. The van der Waals surface area contributed by atoms with Gasteiger partial charge in [-0.2, -0.15) is 0 Å². The van der Waals surface area contributed by atoms with Gasteiger partial charge in [-0.1, -0.05) is 34.1 Å². The number of rotatable bonds is 3. The van der Waals surface area contributed by atoms with Crippen LogP contribution in [0.5, 0.6) is 0 Å². The zero-order chi connectivity index (χ0) is 14.0. The molecule has 0 radical (unpaired) electrons. The molecule has 0 heterocycles. The monoisotopic (exact) mass is 343 g/mol. The van der Waals surface area contributed by atoms with Gasteiger partial charge in [0.05, 0.1) is 10.6 Å². The van der Waals surface area contributed by atoms with Crippen LogP contribution in [0.2, 0.25) is 0 Å². The van der Waals surface area contributed by atoms with Crippen LogP contribution in [0.4, 0.5) is 10.1 Å². The van der Waals surface area contributed by atoms with E-state index in [4.69, 9.17) is 0 Å². The van der Waals surface area contributed by atoms with Gasteiger partial charge in [0, 0.05) is 11.5 Å². The van der Waals surface area contributed by atoms with E-state index >= 15 is 0 Å². The van der Waals surface area contributed by atoms with Crippen LogP contribution in [0.1, 0.15) is 0 Å². The molecule has 19 heavy (non-hydrogen) atoms. The molecule has 0 saturated carbocycles. The molecular weight excluding hydrogens is 333 g/mol. The lowest BCUT2D eigenvalue weighted by Crippen LogP contribution is -2.27. The van der Waals surface area contributed by atoms with Crippen molar-refractivity contribution in [2.75, 3.05) is 11.4 Å². The van der Waals surface area contributed by atoms with Gasteiger partial charge in [-0.05, 0) is 30.3 Å². The van der Waals surface area contributed by atoms with E-state index in [0.29, 0.717) is 4.47 Å². The zero-order valence-corrected chi connectivity index (χ0v) is 12.4. The van der Waals surface area contributed by atoms with Gasteiger partial charge in [0.25, 0.3) is 10.0 Å². The van der Waals surface area contributed by atoms with Crippen LogP contribution in [0.15, 0.2) is 57.9 Å². The van der Waals surface area contributed by atoms with Gasteiger partial charge < -0.3 is 0 Å². The first-order chi connectivity index (χ1) is 8.93. The van der Waals surface area contributed by atoms with Crippen LogP contribution in [-0.2, 0) is 10.0 Å². The fraction of sp³-hybridized carbons (Fsp3) is 0.0769. The Hall–Kier alpha value is -1.40. The molecule has 0 aromatic heterocycles. The molecule has 0 atom stereocenters. The van der Waals surface area contributed by atoms with E-state index in [0.717, 1.165) is 4.31 Å². The molecule has 3 nitrogen and oxygen atoms in total. The maximum atomic E-state index is 13.7. The number of para-hydroxylation sites is 1. The van der Waals surface area contributed by atoms with Crippen molar-refractivity contribution < 1.29 is 12.8 Å². The average molecular weight is 344 g/mol. The minimum Gasteiger partial charge on any atom is -0.266 e. The number of hydrogen-bond acceptors (Lipinski definition) is 2. The Balaban J connectivity index is 2.49. The summed E-state index contributed by atoms with van der Waals surface area (Å²) in [5, 5.41) is 0. The van der Waals surface area contributed by atoms with Crippen molar-refractivity contribution in [2.24, 2.45) is 0 Å². The largest absolute Gasteiger partial charge is 0.266 e. The third-order valence-corrected chi connectivity index (χ3v) is 4.91. The van der Waals surface area contributed by atoms with Gasteiger partial charge in [0.2, 0.25) is 0 Å². The smallest absolute Gasteiger partial charge is 0.264 e. The summed E-state index contributed by atoms with van der Waals surface area (Å²) >= 11 is 3.22. The summed E-state index contributed by atoms with van der Waals surface area (Å²) in [5.74, 6) is -0.580. The van der Waals surface area contributed by atoms with Gasteiger partial charge in [-0.15, -0.1) is 0 Å². The maximum absolute atomic E-state index is 13.7.